The highest BCUT2D eigenvalue weighted by atomic mass is 28.3. The number of allylic oxidation sites excluding steroid dienone is 1. The highest BCUT2D eigenvalue weighted by Crippen LogP contribution is 2.07. The Morgan fingerprint density at radius 1 is 1.46 bits per heavy atom. The Morgan fingerprint density at radius 2 is 2.08 bits per heavy atom. The lowest BCUT2D eigenvalue weighted by molar-refractivity contribution is -0.137. The van der Waals surface area contributed by atoms with Crippen molar-refractivity contribution in [1.82, 2.24) is 0 Å². The minimum atomic E-state index is -1.13. The summed E-state index contributed by atoms with van der Waals surface area (Å²) >= 11 is 0. The van der Waals surface area contributed by atoms with Crippen molar-refractivity contribution in [3.63, 3.8) is 0 Å². The van der Waals surface area contributed by atoms with Gasteiger partial charge in [0, 0.05) is 14.1 Å². The van der Waals surface area contributed by atoms with Crippen LogP contribution in [0.2, 0.25) is 25.7 Å². The number of carbonyl (C=O) groups is 1. The van der Waals surface area contributed by atoms with E-state index in [1.807, 2.05) is 0 Å². The van der Waals surface area contributed by atoms with Gasteiger partial charge in [-0.25, -0.2) is 4.79 Å². The second-order valence-electron chi connectivity index (χ2n) is 3.93. The highest BCUT2D eigenvalue weighted by Gasteiger charge is 2.12. The molecule has 0 aromatic heterocycles. The molecule has 1 radical (unpaired) electrons. The zero-order valence-corrected chi connectivity index (χ0v) is 9.29. The molecule has 0 fully saturated rings. The lowest BCUT2D eigenvalue weighted by Crippen LogP contribution is -2.22. The van der Waals surface area contributed by atoms with Gasteiger partial charge in [0.15, 0.2) is 0 Å². The van der Waals surface area contributed by atoms with Gasteiger partial charge in [0.2, 0.25) is 6.29 Å². The molecule has 0 aliphatic carbocycles. The van der Waals surface area contributed by atoms with Crippen molar-refractivity contribution in [3.05, 3.63) is 12.2 Å². The van der Waals surface area contributed by atoms with Crippen LogP contribution in [-0.2, 0) is 14.3 Å². The number of rotatable bonds is 5. The molecule has 3 nitrogen and oxygen atoms in total. The molecule has 4 heteroatoms. The van der Waals surface area contributed by atoms with Crippen LogP contribution in [0, 0.1) is 0 Å². The average Bonchev–Trinajstić information content (AvgIpc) is 1.98. The number of hydrogen-bond donors (Lipinski definition) is 0. The maximum absolute atomic E-state index is 10.8. The summed E-state index contributed by atoms with van der Waals surface area (Å²) in [6.07, 6.45) is 3.57. The van der Waals surface area contributed by atoms with Crippen molar-refractivity contribution in [2.24, 2.45) is 0 Å². The molecule has 0 heterocycles. The van der Waals surface area contributed by atoms with Crippen molar-refractivity contribution >= 4 is 20.3 Å². The maximum atomic E-state index is 10.8. The van der Waals surface area contributed by atoms with Gasteiger partial charge in [-0.05, 0) is 12.1 Å². The van der Waals surface area contributed by atoms with Crippen molar-refractivity contribution in [1.29, 1.82) is 0 Å². The molecule has 0 saturated carbocycles. The van der Waals surface area contributed by atoms with E-state index in [9.17, 15) is 9.59 Å². The molecule has 73 valence electrons. The number of ether oxygens (including phenoxy) is 1. The summed E-state index contributed by atoms with van der Waals surface area (Å²) in [5.41, 5.74) is 0. The standard InChI is InChI=1S/C9H15O3Si/c1-13(2,3)8-7-12-9(11)5-4-6-10/h4-5H,7-8H2,1-3H3/b5-4+. The monoisotopic (exact) mass is 199 g/mol. The first-order chi connectivity index (χ1) is 5.95. The average molecular weight is 199 g/mol. The van der Waals surface area contributed by atoms with Crippen LogP contribution in [0.15, 0.2) is 12.2 Å². The smallest absolute Gasteiger partial charge is 0.330 e. The Bertz CT molecular complexity index is 203. The summed E-state index contributed by atoms with van der Waals surface area (Å²) in [4.78, 5) is 20.5. The van der Waals surface area contributed by atoms with E-state index in [-0.39, 0.29) is 0 Å². The first kappa shape index (κ1) is 12.1. The van der Waals surface area contributed by atoms with Gasteiger partial charge in [-0.3, -0.25) is 4.79 Å². The van der Waals surface area contributed by atoms with E-state index in [0.29, 0.717) is 6.61 Å². The fourth-order valence-corrected chi connectivity index (χ4v) is 1.32. The molecule has 0 aromatic carbocycles. The van der Waals surface area contributed by atoms with E-state index in [2.05, 4.69) is 19.6 Å². The summed E-state index contributed by atoms with van der Waals surface area (Å²) in [5, 5.41) is 0. The lowest BCUT2D eigenvalue weighted by atomic mass is 10.5. The molecule has 0 saturated heterocycles. The van der Waals surface area contributed by atoms with Crippen molar-refractivity contribution in [3.8, 4) is 0 Å². The van der Waals surface area contributed by atoms with Crippen LogP contribution in [0.4, 0.5) is 0 Å². The van der Waals surface area contributed by atoms with Crippen LogP contribution in [0.5, 0.6) is 0 Å². The van der Waals surface area contributed by atoms with Crippen molar-refractivity contribution in [2.75, 3.05) is 6.61 Å². The Labute approximate surface area is 79.8 Å². The molecule has 0 N–H and O–H groups in total. The quantitative estimate of drug-likeness (QED) is 0.383. The zero-order valence-electron chi connectivity index (χ0n) is 8.29. The molecule has 0 aliphatic heterocycles. The predicted molar refractivity (Wildman–Crippen MR) is 53.9 cm³/mol. The van der Waals surface area contributed by atoms with Gasteiger partial charge >= 0.3 is 5.97 Å². The molecule has 0 rings (SSSR count). The van der Waals surface area contributed by atoms with Crippen molar-refractivity contribution < 1.29 is 14.3 Å². The molecule has 0 aromatic rings. The molecule has 0 atom stereocenters. The van der Waals surface area contributed by atoms with Crippen LogP contribution in [-0.4, -0.2) is 26.9 Å². The van der Waals surface area contributed by atoms with E-state index >= 15 is 0 Å². The van der Waals surface area contributed by atoms with Crippen LogP contribution in [0.25, 0.3) is 0 Å². The third-order valence-electron chi connectivity index (χ3n) is 1.38. The van der Waals surface area contributed by atoms with Gasteiger partial charge in [0.1, 0.15) is 0 Å². The maximum Gasteiger partial charge on any atom is 0.330 e. The Kier molecular flexibility index (Phi) is 5.30. The molecule has 0 aliphatic rings. The molecular weight excluding hydrogens is 184 g/mol. The summed E-state index contributed by atoms with van der Waals surface area (Å²) in [6, 6.07) is 0.942. The van der Waals surface area contributed by atoms with E-state index in [1.165, 1.54) is 6.29 Å². The molecular formula is C9H15O3Si. The van der Waals surface area contributed by atoms with Gasteiger partial charge in [0.05, 0.1) is 6.61 Å². The summed E-state index contributed by atoms with van der Waals surface area (Å²) in [6.45, 7) is 7.05. The Morgan fingerprint density at radius 3 is 2.54 bits per heavy atom. The molecule has 0 bridgehead atoms. The first-order valence-corrected chi connectivity index (χ1v) is 7.87. The van der Waals surface area contributed by atoms with E-state index in [4.69, 9.17) is 4.74 Å². The second-order valence-corrected chi connectivity index (χ2v) is 9.55. The Balaban J connectivity index is 3.60. The fraction of sp³-hybridized carbons (Fsp3) is 0.556. The van der Waals surface area contributed by atoms with Gasteiger partial charge in [-0.2, -0.15) is 0 Å². The van der Waals surface area contributed by atoms with Crippen LogP contribution < -0.4 is 0 Å². The summed E-state index contributed by atoms with van der Waals surface area (Å²) < 4.78 is 4.85. The summed E-state index contributed by atoms with van der Waals surface area (Å²) in [5.74, 6) is -0.471. The SMILES string of the molecule is C[Si](C)(C)CCOC(=O)/C=C/[C]=O. The normalized spacial score (nSPS) is 11.6. The Hall–Kier alpha value is -0.903. The molecule has 0 spiro atoms. The molecule has 13 heavy (non-hydrogen) atoms. The minimum Gasteiger partial charge on any atom is -0.463 e. The van der Waals surface area contributed by atoms with Gasteiger partial charge in [-0.15, -0.1) is 0 Å². The van der Waals surface area contributed by atoms with Crippen LogP contribution in [0.3, 0.4) is 0 Å². The van der Waals surface area contributed by atoms with Gasteiger partial charge in [-0.1, -0.05) is 19.6 Å². The molecule has 0 unspecified atom stereocenters. The summed E-state index contributed by atoms with van der Waals surface area (Å²) in [7, 11) is -1.13. The van der Waals surface area contributed by atoms with Crippen LogP contribution in [0.1, 0.15) is 0 Å². The van der Waals surface area contributed by atoms with E-state index in [1.54, 1.807) is 0 Å². The predicted octanol–water partition coefficient (Wildman–Crippen LogP) is 1.53. The van der Waals surface area contributed by atoms with E-state index in [0.717, 1.165) is 18.2 Å². The topological polar surface area (TPSA) is 43.4 Å². The molecule has 0 amide bonds. The highest BCUT2D eigenvalue weighted by molar-refractivity contribution is 6.76. The first-order valence-electron chi connectivity index (χ1n) is 4.17. The third kappa shape index (κ3) is 9.01. The zero-order chi connectivity index (χ0) is 10.3. The lowest BCUT2D eigenvalue weighted by Gasteiger charge is -2.14. The van der Waals surface area contributed by atoms with Crippen LogP contribution >= 0.6 is 0 Å². The van der Waals surface area contributed by atoms with Gasteiger partial charge in [0.25, 0.3) is 0 Å². The number of esters is 1. The third-order valence-corrected chi connectivity index (χ3v) is 3.09. The second kappa shape index (κ2) is 5.69. The minimum absolute atomic E-state index is 0.442. The van der Waals surface area contributed by atoms with Crippen molar-refractivity contribution in [2.45, 2.75) is 25.7 Å². The number of carbonyl (C=O) groups excluding carboxylic acids is 2. The van der Waals surface area contributed by atoms with E-state index < -0.39 is 14.0 Å². The largest absolute Gasteiger partial charge is 0.463 e. The number of hydrogen-bond acceptors (Lipinski definition) is 3. The van der Waals surface area contributed by atoms with Gasteiger partial charge < -0.3 is 4.74 Å². The fourth-order valence-electron chi connectivity index (χ4n) is 0.608.